The van der Waals surface area contributed by atoms with Gasteiger partial charge in [0.05, 0.1) is 4.91 Å². The zero-order chi connectivity index (χ0) is 31.9. The highest BCUT2D eigenvalue weighted by atomic mass is 32.2. The van der Waals surface area contributed by atoms with Gasteiger partial charge in [0.1, 0.15) is 12.0 Å². The van der Waals surface area contributed by atoms with Gasteiger partial charge in [-0.1, -0.05) is 32.9 Å². The Kier molecular flexibility index (Phi) is 14.7. The number of aryl methyl sites for hydroxylation is 1. The standard InChI is InChI=1S/C30H44N6O6S/c1-5-20-11-13-21(14-12-20)34-26(38)22(10-9-16-33-30(31)42)35-28(40)25(19(2)3)27(39)32-15-7-6-8-17-36-24(37)18-23(43-4)29(36)41/h11-14,18-19,22,25H,5-10,15-17H2,1-4H3,(H,32,39)(H,34,38)(H,35,40)(H3,31,33,42). The highest BCUT2D eigenvalue weighted by Gasteiger charge is 2.33. The first-order chi connectivity index (χ1) is 20.5. The second kappa shape index (κ2) is 17.9. The summed E-state index contributed by atoms with van der Waals surface area (Å²) in [6.45, 7) is 6.40. The number of hydrogen-bond donors (Lipinski definition) is 5. The molecule has 12 nitrogen and oxygen atoms in total. The molecule has 1 heterocycles. The molecule has 0 saturated heterocycles. The van der Waals surface area contributed by atoms with Crippen molar-refractivity contribution in [2.45, 2.75) is 65.3 Å². The molecule has 2 rings (SSSR count). The zero-order valence-electron chi connectivity index (χ0n) is 25.4. The fraction of sp³-hybridized carbons (Fsp3) is 0.533. The number of benzene rings is 1. The summed E-state index contributed by atoms with van der Waals surface area (Å²) < 4.78 is 0. The minimum Gasteiger partial charge on any atom is -0.355 e. The minimum absolute atomic E-state index is 0.216. The van der Waals surface area contributed by atoms with Crippen LogP contribution in [0, 0.1) is 11.8 Å². The number of rotatable bonds is 18. The molecule has 1 aliphatic rings. The Morgan fingerprint density at radius 2 is 1.58 bits per heavy atom. The van der Waals surface area contributed by atoms with Crippen molar-refractivity contribution in [1.82, 2.24) is 20.9 Å². The van der Waals surface area contributed by atoms with E-state index in [9.17, 15) is 28.8 Å². The summed E-state index contributed by atoms with van der Waals surface area (Å²) in [4.78, 5) is 76.3. The zero-order valence-corrected chi connectivity index (χ0v) is 26.2. The number of primary amides is 1. The van der Waals surface area contributed by atoms with Crippen molar-refractivity contribution in [3.63, 3.8) is 0 Å². The fourth-order valence-electron chi connectivity index (χ4n) is 4.56. The molecule has 0 aromatic heterocycles. The quantitative estimate of drug-likeness (QED) is 0.0953. The molecule has 0 radical (unpaired) electrons. The van der Waals surface area contributed by atoms with Gasteiger partial charge >= 0.3 is 6.03 Å². The Balaban J connectivity index is 1.91. The van der Waals surface area contributed by atoms with Crippen LogP contribution < -0.4 is 27.0 Å². The largest absolute Gasteiger partial charge is 0.355 e. The molecule has 0 aliphatic carbocycles. The number of thioether (sulfide) groups is 1. The van der Waals surface area contributed by atoms with E-state index in [1.54, 1.807) is 32.2 Å². The van der Waals surface area contributed by atoms with Gasteiger partial charge in [-0.3, -0.25) is 28.9 Å². The third-order valence-corrected chi connectivity index (χ3v) is 7.75. The van der Waals surface area contributed by atoms with E-state index in [0.29, 0.717) is 49.4 Å². The molecule has 13 heteroatoms. The Morgan fingerprint density at radius 3 is 2.16 bits per heavy atom. The van der Waals surface area contributed by atoms with Crippen molar-refractivity contribution in [1.29, 1.82) is 0 Å². The van der Waals surface area contributed by atoms with Crippen molar-refractivity contribution < 1.29 is 28.8 Å². The molecule has 0 saturated carbocycles. The highest BCUT2D eigenvalue weighted by Crippen LogP contribution is 2.22. The molecule has 1 aromatic rings. The summed E-state index contributed by atoms with van der Waals surface area (Å²) in [6, 6.07) is 5.75. The second-order valence-electron chi connectivity index (χ2n) is 10.6. The highest BCUT2D eigenvalue weighted by molar-refractivity contribution is 8.03. The van der Waals surface area contributed by atoms with E-state index in [4.69, 9.17) is 5.73 Å². The van der Waals surface area contributed by atoms with E-state index in [2.05, 4.69) is 21.3 Å². The summed E-state index contributed by atoms with van der Waals surface area (Å²) in [5, 5.41) is 10.8. The first kappa shape index (κ1) is 35.3. The predicted octanol–water partition coefficient (Wildman–Crippen LogP) is 2.30. The number of nitrogens with one attached hydrogen (secondary N) is 4. The Morgan fingerprint density at radius 1 is 0.907 bits per heavy atom. The lowest BCUT2D eigenvalue weighted by Crippen LogP contribution is -2.51. The molecule has 43 heavy (non-hydrogen) atoms. The van der Waals surface area contributed by atoms with Gasteiger partial charge in [0, 0.05) is 31.4 Å². The molecule has 1 aliphatic heterocycles. The van der Waals surface area contributed by atoms with E-state index in [1.165, 1.54) is 22.7 Å². The number of anilines is 1. The molecular weight excluding hydrogens is 572 g/mol. The van der Waals surface area contributed by atoms with Crippen LogP contribution >= 0.6 is 11.8 Å². The number of carbonyl (C=O) groups is 6. The van der Waals surface area contributed by atoms with E-state index in [-0.39, 0.29) is 30.7 Å². The van der Waals surface area contributed by atoms with Gasteiger partial charge in [0.2, 0.25) is 17.7 Å². The van der Waals surface area contributed by atoms with Crippen LogP contribution in [0.3, 0.4) is 0 Å². The molecule has 6 N–H and O–H groups in total. The Hall–Kier alpha value is -3.87. The monoisotopic (exact) mass is 616 g/mol. The van der Waals surface area contributed by atoms with Crippen molar-refractivity contribution in [2.75, 3.05) is 31.2 Å². The smallest absolute Gasteiger partial charge is 0.312 e. The first-order valence-electron chi connectivity index (χ1n) is 14.6. The fourth-order valence-corrected chi connectivity index (χ4v) is 5.07. The van der Waals surface area contributed by atoms with E-state index in [1.807, 2.05) is 19.1 Å². The maximum Gasteiger partial charge on any atom is 0.312 e. The predicted molar refractivity (Wildman–Crippen MR) is 167 cm³/mol. The number of nitrogens with zero attached hydrogens (tertiary/aromatic N) is 1. The summed E-state index contributed by atoms with van der Waals surface area (Å²) in [5.41, 5.74) is 6.82. The molecule has 236 valence electrons. The van der Waals surface area contributed by atoms with Crippen LogP contribution in [0.1, 0.15) is 58.4 Å². The van der Waals surface area contributed by atoms with E-state index >= 15 is 0 Å². The molecular formula is C30H44N6O6S. The molecule has 0 spiro atoms. The molecule has 1 aromatic carbocycles. The van der Waals surface area contributed by atoms with Crippen molar-refractivity contribution in [3.05, 3.63) is 40.8 Å². The summed E-state index contributed by atoms with van der Waals surface area (Å²) in [6.07, 6.45) is 6.41. The number of imide groups is 1. The molecule has 2 atom stereocenters. The SMILES string of the molecule is CCc1ccc(NC(=O)C(CCCNC(N)=O)NC(=O)C(C(=O)NCCCCCN2C(=O)C=C(SC)C2=O)C(C)C)cc1. The average molecular weight is 617 g/mol. The van der Waals surface area contributed by atoms with Gasteiger partial charge in [-0.2, -0.15) is 0 Å². The van der Waals surface area contributed by atoms with E-state index < -0.39 is 35.7 Å². The van der Waals surface area contributed by atoms with Gasteiger partial charge in [-0.05, 0) is 68.4 Å². The molecule has 7 amide bonds. The third kappa shape index (κ3) is 11.4. The van der Waals surface area contributed by atoms with Gasteiger partial charge in [-0.15, -0.1) is 11.8 Å². The first-order valence-corrected chi connectivity index (χ1v) is 15.8. The van der Waals surface area contributed by atoms with Crippen LogP contribution in [0.25, 0.3) is 0 Å². The number of urea groups is 1. The van der Waals surface area contributed by atoms with Crippen LogP contribution in [0.4, 0.5) is 10.5 Å². The topological polar surface area (TPSA) is 180 Å². The van der Waals surface area contributed by atoms with E-state index in [0.717, 1.165) is 12.0 Å². The van der Waals surface area contributed by atoms with Crippen molar-refractivity contribution >= 4 is 53.0 Å². The molecule has 0 fully saturated rings. The number of nitrogens with two attached hydrogens (primary N) is 1. The average Bonchev–Trinajstić information content (AvgIpc) is 3.24. The summed E-state index contributed by atoms with van der Waals surface area (Å²) in [7, 11) is 0. The molecule has 0 bridgehead atoms. The van der Waals surface area contributed by atoms with Crippen molar-refractivity contribution in [3.8, 4) is 0 Å². The van der Waals surface area contributed by atoms with Crippen LogP contribution in [-0.4, -0.2) is 72.4 Å². The summed E-state index contributed by atoms with van der Waals surface area (Å²) >= 11 is 1.24. The maximum atomic E-state index is 13.3. The van der Waals surface area contributed by atoms with Gasteiger partial charge in [0.25, 0.3) is 11.8 Å². The van der Waals surface area contributed by atoms with Crippen LogP contribution in [0.15, 0.2) is 35.2 Å². The number of amides is 7. The normalized spacial score (nSPS) is 14.3. The number of carbonyl (C=O) groups excluding carboxylic acids is 6. The lowest BCUT2D eigenvalue weighted by Gasteiger charge is -2.24. The van der Waals surface area contributed by atoms with Crippen LogP contribution in [-0.2, 0) is 30.4 Å². The van der Waals surface area contributed by atoms with Gasteiger partial charge < -0.3 is 27.0 Å². The van der Waals surface area contributed by atoms with Crippen LogP contribution in [0.2, 0.25) is 0 Å². The van der Waals surface area contributed by atoms with Crippen molar-refractivity contribution in [2.24, 2.45) is 17.6 Å². The second-order valence-corrected chi connectivity index (χ2v) is 11.5. The lowest BCUT2D eigenvalue weighted by atomic mass is 9.93. The summed E-state index contributed by atoms with van der Waals surface area (Å²) in [5.74, 6) is -3.41. The minimum atomic E-state index is -1.03. The number of unbranched alkanes of at least 4 members (excludes halogenated alkanes) is 2. The number of hydrogen-bond acceptors (Lipinski definition) is 7. The Labute approximate surface area is 257 Å². The Bertz CT molecular complexity index is 1190. The maximum absolute atomic E-state index is 13.3. The lowest BCUT2D eigenvalue weighted by molar-refractivity contribution is -0.139. The molecule has 2 unspecified atom stereocenters. The third-order valence-electron chi connectivity index (χ3n) is 7.02. The van der Waals surface area contributed by atoms with Gasteiger partial charge in [0.15, 0.2) is 0 Å². The van der Waals surface area contributed by atoms with Crippen LogP contribution in [0.5, 0.6) is 0 Å². The van der Waals surface area contributed by atoms with Gasteiger partial charge in [-0.25, -0.2) is 4.79 Å².